The van der Waals surface area contributed by atoms with Gasteiger partial charge in [0.1, 0.15) is 5.75 Å². The molecule has 0 aliphatic carbocycles. The quantitative estimate of drug-likeness (QED) is 0.528. The van der Waals surface area contributed by atoms with Gasteiger partial charge in [-0.2, -0.15) is 4.31 Å². The molecule has 0 spiro atoms. The van der Waals surface area contributed by atoms with E-state index >= 15 is 0 Å². The molecule has 8 heteroatoms. The zero-order valence-electron chi connectivity index (χ0n) is 18.3. The highest BCUT2D eigenvalue weighted by atomic mass is 32.2. The van der Waals surface area contributed by atoms with Crippen LogP contribution < -0.4 is 10.1 Å². The predicted octanol–water partition coefficient (Wildman–Crippen LogP) is 3.63. The van der Waals surface area contributed by atoms with Gasteiger partial charge in [0.05, 0.1) is 24.5 Å². The van der Waals surface area contributed by atoms with Crippen molar-refractivity contribution in [3.8, 4) is 5.75 Å². The third kappa shape index (κ3) is 4.91. The summed E-state index contributed by atoms with van der Waals surface area (Å²) in [6.07, 6.45) is 2.06. The number of aromatic nitrogens is 1. The summed E-state index contributed by atoms with van der Waals surface area (Å²) in [5, 5.41) is 3.94. The highest BCUT2D eigenvalue weighted by Gasteiger charge is 2.22. The highest BCUT2D eigenvalue weighted by Crippen LogP contribution is 2.24. The molecule has 3 rings (SSSR count). The minimum atomic E-state index is -3.50. The molecule has 0 saturated heterocycles. The van der Waals surface area contributed by atoms with Gasteiger partial charge in [-0.3, -0.25) is 4.79 Å². The van der Waals surface area contributed by atoms with Crippen LogP contribution in [0, 0.1) is 0 Å². The molecule has 1 atom stereocenters. The lowest BCUT2D eigenvalue weighted by Crippen LogP contribution is -2.30. The van der Waals surface area contributed by atoms with Gasteiger partial charge in [0.15, 0.2) is 0 Å². The molecule has 0 aliphatic heterocycles. The lowest BCUT2D eigenvalue weighted by atomic mass is 10.1. The monoisotopic (exact) mass is 443 g/mol. The molecule has 2 N–H and O–H groups in total. The van der Waals surface area contributed by atoms with E-state index in [9.17, 15) is 13.2 Å². The lowest BCUT2D eigenvalue weighted by molar-refractivity contribution is -0.121. The number of ether oxygens (including phenoxy) is 1. The summed E-state index contributed by atoms with van der Waals surface area (Å²) in [4.78, 5) is 16.1. The second-order valence-electron chi connectivity index (χ2n) is 7.35. The summed E-state index contributed by atoms with van der Waals surface area (Å²) < 4.78 is 32.0. The van der Waals surface area contributed by atoms with Crippen LogP contribution in [0.5, 0.6) is 5.75 Å². The molecular weight excluding hydrogens is 414 g/mol. The molecule has 166 valence electrons. The van der Waals surface area contributed by atoms with Crippen molar-refractivity contribution in [2.24, 2.45) is 0 Å². The van der Waals surface area contributed by atoms with Crippen molar-refractivity contribution in [3.63, 3.8) is 0 Å². The number of sulfonamides is 1. The van der Waals surface area contributed by atoms with Crippen LogP contribution in [0.25, 0.3) is 10.9 Å². The van der Waals surface area contributed by atoms with Crippen LogP contribution in [-0.4, -0.2) is 43.8 Å². The number of carbonyl (C=O) groups excluding carboxylic acids is 1. The lowest BCUT2D eigenvalue weighted by Gasteiger charge is -2.19. The molecule has 2 aromatic carbocycles. The third-order valence-corrected chi connectivity index (χ3v) is 7.49. The Morgan fingerprint density at radius 1 is 1.13 bits per heavy atom. The van der Waals surface area contributed by atoms with E-state index in [0.717, 1.165) is 27.8 Å². The number of fused-ring (bicyclic) bond motifs is 1. The van der Waals surface area contributed by atoms with E-state index in [1.807, 2.05) is 45.2 Å². The van der Waals surface area contributed by atoms with Crippen molar-refractivity contribution in [2.75, 3.05) is 20.2 Å². The molecule has 1 heterocycles. The van der Waals surface area contributed by atoms with Crippen molar-refractivity contribution < 1.29 is 17.9 Å². The normalized spacial score (nSPS) is 12.8. The number of nitrogens with zero attached hydrogens (tertiary/aromatic N) is 1. The van der Waals surface area contributed by atoms with E-state index in [-0.39, 0.29) is 23.3 Å². The van der Waals surface area contributed by atoms with Crippen LogP contribution in [0.3, 0.4) is 0 Å². The van der Waals surface area contributed by atoms with Crippen molar-refractivity contribution in [2.45, 2.75) is 38.1 Å². The van der Waals surface area contributed by atoms with E-state index in [1.165, 1.54) is 4.31 Å². The first-order valence-electron chi connectivity index (χ1n) is 10.3. The number of carbonyl (C=O) groups is 1. The first-order chi connectivity index (χ1) is 14.8. The summed E-state index contributed by atoms with van der Waals surface area (Å²) in [7, 11) is -1.88. The Balaban J connectivity index is 1.69. The molecule has 1 amide bonds. The Kier molecular flexibility index (Phi) is 7.02. The molecular formula is C23H29N3O4S. The van der Waals surface area contributed by atoms with E-state index in [0.29, 0.717) is 13.1 Å². The molecule has 0 aliphatic rings. The predicted molar refractivity (Wildman–Crippen MR) is 122 cm³/mol. The maximum atomic E-state index is 12.6. The first-order valence-corrected chi connectivity index (χ1v) is 11.8. The topological polar surface area (TPSA) is 91.5 Å². The van der Waals surface area contributed by atoms with E-state index in [1.54, 1.807) is 31.4 Å². The zero-order chi connectivity index (χ0) is 22.6. The maximum Gasteiger partial charge on any atom is 0.243 e. The highest BCUT2D eigenvalue weighted by molar-refractivity contribution is 7.89. The number of amides is 1. The number of nitrogens with one attached hydrogen (secondary N) is 2. The van der Waals surface area contributed by atoms with Gasteiger partial charge in [0.25, 0.3) is 0 Å². The summed E-state index contributed by atoms with van der Waals surface area (Å²) in [5.74, 6) is 0.623. The summed E-state index contributed by atoms with van der Waals surface area (Å²) in [6, 6.07) is 12.1. The fourth-order valence-electron chi connectivity index (χ4n) is 3.62. The van der Waals surface area contributed by atoms with Gasteiger partial charge in [-0.1, -0.05) is 26.0 Å². The minimum Gasteiger partial charge on any atom is -0.497 e. The number of rotatable bonds is 9. The number of benzene rings is 2. The van der Waals surface area contributed by atoms with Gasteiger partial charge in [-0.05, 0) is 48.4 Å². The average molecular weight is 444 g/mol. The zero-order valence-corrected chi connectivity index (χ0v) is 19.1. The Labute approximate surface area is 183 Å². The Morgan fingerprint density at radius 2 is 1.81 bits per heavy atom. The average Bonchev–Trinajstić information content (AvgIpc) is 3.16. The Morgan fingerprint density at radius 3 is 2.42 bits per heavy atom. The van der Waals surface area contributed by atoms with Gasteiger partial charge in [0.2, 0.25) is 15.9 Å². The van der Waals surface area contributed by atoms with Gasteiger partial charge >= 0.3 is 0 Å². The van der Waals surface area contributed by atoms with E-state index < -0.39 is 10.0 Å². The Bertz CT molecular complexity index is 1150. The van der Waals surface area contributed by atoms with Crippen molar-refractivity contribution >= 4 is 26.8 Å². The van der Waals surface area contributed by atoms with Crippen LogP contribution in [0.2, 0.25) is 0 Å². The second kappa shape index (κ2) is 9.53. The number of methoxy groups -OCH3 is 1. The van der Waals surface area contributed by atoms with Crippen molar-refractivity contribution in [1.82, 2.24) is 14.6 Å². The summed E-state index contributed by atoms with van der Waals surface area (Å²) in [6.45, 7) is 6.36. The van der Waals surface area contributed by atoms with Crippen LogP contribution in [-0.2, 0) is 21.2 Å². The van der Waals surface area contributed by atoms with Crippen LogP contribution in [0.4, 0.5) is 0 Å². The second-order valence-corrected chi connectivity index (χ2v) is 9.29. The molecule has 1 unspecified atom stereocenters. The molecule has 3 aromatic rings. The molecule has 7 nitrogen and oxygen atoms in total. The molecule has 0 bridgehead atoms. The van der Waals surface area contributed by atoms with Crippen LogP contribution in [0.15, 0.2) is 53.6 Å². The molecule has 0 radical (unpaired) electrons. The maximum absolute atomic E-state index is 12.6. The van der Waals surface area contributed by atoms with E-state index in [2.05, 4.69) is 10.3 Å². The smallest absolute Gasteiger partial charge is 0.243 e. The van der Waals surface area contributed by atoms with Gasteiger partial charge in [-0.25, -0.2) is 8.42 Å². The Hall–Kier alpha value is -2.84. The molecule has 0 fully saturated rings. The molecule has 1 aromatic heterocycles. The van der Waals surface area contributed by atoms with E-state index in [4.69, 9.17) is 4.74 Å². The summed E-state index contributed by atoms with van der Waals surface area (Å²) in [5.41, 5.74) is 2.67. The summed E-state index contributed by atoms with van der Waals surface area (Å²) >= 11 is 0. The first kappa shape index (κ1) is 22.8. The van der Waals surface area contributed by atoms with Gasteiger partial charge in [0, 0.05) is 30.2 Å². The van der Waals surface area contributed by atoms with Gasteiger partial charge < -0.3 is 15.0 Å². The standard InChI is InChI=1S/C23H29N3O4S/c1-5-26(6-2)31(28,29)20-10-7-17(8-11-20)16(3)25-23(27)13-18-15-24-22-12-9-19(30-4)14-21(18)22/h7-12,14-16,24H,5-6,13H2,1-4H3,(H,25,27). The SMILES string of the molecule is CCN(CC)S(=O)(=O)c1ccc(C(C)NC(=O)Cc2c[nH]c3ccc(OC)cc23)cc1. The van der Waals surface area contributed by atoms with Crippen LogP contribution in [0.1, 0.15) is 37.9 Å². The molecule has 31 heavy (non-hydrogen) atoms. The largest absolute Gasteiger partial charge is 0.497 e. The van der Waals surface area contributed by atoms with Gasteiger partial charge in [-0.15, -0.1) is 0 Å². The van der Waals surface area contributed by atoms with Crippen molar-refractivity contribution in [1.29, 1.82) is 0 Å². The van der Waals surface area contributed by atoms with Crippen LogP contribution >= 0.6 is 0 Å². The number of hydrogen-bond acceptors (Lipinski definition) is 4. The fourth-order valence-corrected chi connectivity index (χ4v) is 5.08. The fraction of sp³-hybridized carbons (Fsp3) is 0.348. The number of hydrogen-bond donors (Lipinski definition) is 2. The number of aromatic amines is 1. The van der Waals surface area contributed by atoms with Crippen molar-refractivity contribution in [3.05, 3.63) is 59.8 Å². The molecule has 0 saturated carbocycles. The number of H-pyrrole nitrogens is 1. The minimum absolute atomic E-state index is 0.115. The third-order valence-electron chi connectivity index (χ3n) is 5.43.